The van der Waals surface area contributed by atoms with Crippen LogP contribution in [0, 0.1) is 0 Å². The molecule has 0 bridgehead atoms. The van der Waals surface area contributed by atoms with Gasteiger partial charge in [0, 0.05) is 0 Å². The van der Waals surface area contributed by atoms with E-state index in [-0.39, 0.29) is 12.6 Å². The van der Waals surface area contributed by atoms with E-state index >= 15 is 0 Å². The monoisotopic (exact) mass is 410 g/mol. The van der Waals surface area contributed by atoms with Crippen LogP contribution in [0.3, 0.4) is 0 Å². The molecule has 2 unspecified atom stereocenters. The third kappa shape index (κ3) is 4.42. The molecule has 0 fully saturated rings. The first-order valence-corrected chi connectivity index (χ1v) is 10.9. The second kappa shape index (κ2) is 9.23. The first-order valence-electron chi connectivity index (χ1n) is 10.9. The van der Waals surface area contributed by atoms with Gasteiger partial charge in [0.25, 0.3) is 0 Å². The summed E-state index contributed by atoms with van der Waals surface area (Å²) in [6.07, 6.45) is 18.7. The zero-order chi connectivity index (χ0) is 20.9. The predicted octanol–water partition coefficient (Wildman–Crippen LogP) is 6.73. The van der Waals surface area contributed by atoms with Crippen LogP contribution in [0.15, 0.2) is 97.5 Å². The molecule has 0 N–H and O–H groups in total. The number of ether oxygens (including phenoxy) is 3. The Bertz CT molecular complexity index is 1160. The molecule has 31 heavy (non-hydrogen) atoms. The van der Waals surface area contributed by atoms with Crippen molar-refractivity contribution in [3.63, 3.8) is 0 Å². The molecule has 0 spiro atoms. The van der Waals surface area contributed by atoms with Crippen molar-refractivity contribution < 1.29 is 14.2 Å². The Morgan fingerprint density at radius 3 is 2.10 bits per heavy atom. The van der Waals surface area contributed by atoms with Crippen molar-refractivity contribution >= 4 is 21.5 Å². The molecule has 156 valence electrons. The van der Waals surface area contributed by atoms with Gasteiger partial charge in [-0.2, -0.15) is 0 Å². The Labute approximate surface area is 182 Å². The molecule has 3 heteroatoms. The van der Waals surface area contributed by atoms with Gasteiger partial charge >= 0.3 is 0 Å². The van der Waals surface area contributed by atoms with Gasteiger partial charge in [-0.25, -0.2) is 0 Å². The first-order chi connectivity index (χ1) is 15.4. The van der Waals surface area contributed by atoms with Crippen molar-refractivity contribution in [3.8, 4) is 0 Å². The summed E-state index contributed by atoms with van der Waals surface area (Å²) in [6, 6.07) is 18.0. The zero-order valence-corrected chi connectivity index (χ0v) is 17.4. The van der Waals surface area contributed by atoms with Crippen LogP contribution in [0.4, 0.5) is 0 Å². The minimum atomic E-state index is -0.355. The van der Waals surface area contributed by atoms with E-state index < -0.39 is 0 Å². The van der Waals surface area contributed by atoms with Crippen molar-refractivity contribution in [1.29, 1.82) is 0 Å². The quantitative estimate of drug-likeness (QED) is 0.439. The second-order valence-electron chi connectivity index (χ2n) is 7.86. The highest BCUT2D eigenvalue weighted by Crippen LogP contribution is 2.33. The molecule has 6 rings (SSSR count). The minimum Gasteiger partial charge on any atom is -0.469 e. The minimum absolute atomic E-state index is 0.355. The van der Waals surface area contributed by atoms with Gasteiger partial charge in [-0.1, -0.05) is 60.7 Å². The molecule has 0 radical (unpaired) electrons. The van der Waals surface area contributed by atoms with Gasteiger partial charge in [-0.05, 0) is 82.7 Å². The molecule has 2 heterocycles. The molecule has 0 amide bonds. The topological polar surface area (TPSA) is 27.7 Å². The fourth-order valence-corrected chi connectivity index (χ4v) is 4.37. The molecule has 2 aliphatic heterocycles. The van der Waals surface area contributed by atoms with E-state index in [0.29, 0.717) is 0 Å². The molecule has 3 aromatic carbocycles. The van der Waals surface area contributed by atoms with Crippen molar-refractivity contribution in [2.75, 3.05) is 0 Å². The Balaban J connectivity index is 0.000000140. The fourth-order valence-electron chi connectivity index (χ4n) is 4.37. The maximum atomic E-state index is 5.41. The summed E-state index contributed by atoms with van der Waals surface area (Å²) < 4.78 is 15.7. The maximum absolute atomic E-state index is 5.41. The average Bonchev–Trinajstić information content (AvgIpc) is 2.85. The first kappa shape index (κ1) is 19.7. The van der Waals surface area contributed by atoms with Crippen LogP contribution in [-0.4, -0.2) is 12.6 Å². The Morgan fingerprint density at radius 2 is 1.35 bits per heavy atom. The molecule has 0 aromatic heterocycles. The Morgan fingerprint density at radius 1 is 0.645 bits per heavy atom. The molecule has 3 aromatic rings. The lowest BCUT2D eigenvalue weighted by atomic mass is 9.86. The van der Waals surface area contributed by atoms with Crippen LogP contribution >= 0.6 is 0 Å². The van der Waals surface area contributed by atoms with Gasteiger partial charge in [0.1, 0.15) is 0 Å². The van der Waals surface area contributed by atoms with Gasteiger partial charge in [-0.15, -0.1) is 0 Å². The number of fused-ring (bicyclic) bond motifs is 5. The summed E-state index contributed by atoms with van der Waals surface area (Å²) in [4.78, 5) is 0. The third-order valence-electron chi connectivity index (χ3n) is 5.87. The third-order valence-corrected chi connectivity index (χ3v) is 5.87. The van der Waals surface area contributed by atoms with Gasteiger partial charge in [0.15, 0.2) is 0 Å². The summed E-state index contributed by atoms with van der Waals surface area (Å²) in [7, 11) is 0. The summed E-state index contributed by atoms with van der Waals surface area (Å²) in [5, 5.41) is 5.64. The lowest BCUT2D eigenvalue weighted by Crippen LogP contribution is -2.22. The van der Waals surface area contributed by atoms with Crippen molar-refractivity contribution in [2.45, 2.75) is 38.3 Å². The van der Waals surface area contributed by atoms with Gasteiger partial charge in [0.05, 0.1) is 12.5 Å². The summed E-state index contributed by atoms with van der Waals surface area (Å²) in [5.41, 5.74) is 3.17. The maximum Gasteiger partial charge on any atom is 0.222 e. The highest BCUT2D eigenvalue weighted by Gasteiger charge is 2.14. The van der Waals surface area contributed by atoms with Crippen molar-refractivity contribution in [2.24, 2.45) is 0 Å². The van der Waals surface area contributed by atoms with E-state index in [1.165, 1.54) is 47.2 Å². The van der Waals surface area contributed by atoms with Crippen LogP contribution in [0.2, 0.25) is 0 Å². The largest absolute Gasteiger partial charge is 0.469 e. The Hall–Kier alpha value is -3.30. The lowest BCUT2D eigenvalue weighted by molar-refractivity contribution is -0.172. The highest BCUT2D eigenvalue weighted by atomic mass is 16.8. The SMILES string of the molecule is C1=COC(OC2C=CC=CO2)C=C1.c1ccc2c(c1)ccc1c3c(ccc12)CCCC3. The summed E-state index contributed by atoms with van der Waals surface area (Å²) >= 11 is 0. The molecular formula is C28H26O3. The van der Waals surface area contributed by atoms with E-state index in [1.807, 2.05) is 24.3 Å². The van der Waals surface area contributed by atoms with E-state index in [4.69, 9.17) is 14.2 Å². The van der Waals surface area contributed by atoms with E-state index in [0.717, 1.165) is 0 Å². The number of hydrogen-bond acceptors (Lipinski definition) is 3. The summed E-state index contributed by atoms with van der Waals surface area (Å²) in [6.45, 7) is 0. The van der Waals surface area contributed by atoms with Crippen LogP contribution in [-0.2, 0) is 27.1 Å². The van der Waals surface area contributed by atoms with Crippen molar-refractivity contribution in [1.82, 2.24) is 0 Å². The van der Waals surface area contributed by atoms with Crippen LogP contribution in [0.25, 0.3) is 21.5 Å². The standard InChI is InChI=1S/C18H16.C10H10O3/c1-3-7-15-13(5-1)9-11-18-16-8-4-2-6-14(16)10-12-17(15)18;1-3-7-11-9(5-1)13-10-6-2-4-8-12-10/h1,3,5,7,9-12H,2,4,6,8H2;1-10H. The smallest absolute Gasteiger partial charge is 0.222 e. The van der Waals surface area contributed by atoms with Gasteiger partial charge < -0.3 is 9.47 Å². The van der Waals surface area contributed by atoms with Gasteiger partial charge in [-0.3, -0.25) is 4.74 Å². The zero-order valence-electron chi connectivity index (χ0n) is 17.4. The van der Waals surface area contributed by atoms with Gasteiger partial charge in [0.2, 0.25) is 12.6 Å². The van der Waals surface area contributed by atoms with Crippen LogP contribution < -0.4 is 0 Å². The fraction of sp³-hybridized carbons (Fsp3) is 0.214. The molecule has 3 aliphatic rings. The average molecular weight is 411 g/mol. The highest BCUT2D eigenvalue weighted by molar-refractivity contribution is 6.08. The molecular weight excluding hydrogens is 384 g/mol. The molecule has 3 nitrogen and oxygen atoms in total. The number of hydrogen-bond donors (Lipinski definition) is 0. The number of allylic oxidation sites excluding steroid dienone is 4. The number of benzene rings is 3. The molecule has 2 atom stereocenters. The predicted molar refractivity (Wildman–Crippen MR) is 125 cm³/mol. The van der Waals surface area contributed by atoms with E-state index in [1.54, 1.807) is 35.8 Å². The van der Waals surface area contributed by atoms with Crippen molar-refractivity contribution in [3.05, 3.63) is 109 Å². The molecule has 0 saturated carbocycles. The van der Waals surface area contributed by atoms with Crippen LogP contribution in [0.5, 0.6) is 0 Å². The second-order valence-corrected chi connectivity index (χ2v) is 7.86. The van der Waals surface area contributed by atoms with E-state index in [2.05, 4.69) is 48.5 Å². The lowest BCUT2D eigenvalue weighted by Gasteiger charge is -2.21. The Kier molecular flexibility index (Phi) is 5.85. The normalized spacial score (nSPS) is 21.2. The number of rotatable bonds is 2. The van der Waals surface area contributed by atoms with Crippen LogP contribution in [0.1, 0.15) is 24.0 Å². The van der Waals surface area contributed by atoms with E-state index in [9.17, 15) is 0 Å². The molecule has 0 saturated heterocycles. The number of aryl methyl sites for hydroxylation is 2. The molecule has 1 aliphatic carbocycles. The summed E-state index contributed by atoms with van der Waals surface area (Å²) in [5.74, 6) is 0.